The zero-order valence-electron chi connectivity index (χ0n) is 44.8. The molecule has 2 fully saturated rings. The average Bonchev–Trinajstić information content (AvgIpc) is 3.51. The second-order valence-electron chi connectivity index (χ2n) is 19.7. The van der Waals surface area contributed by atoms with Crippen LogP contribution in [-0.2, 0) is 42.0 Å². The van der Waals surface area contributed by atoms with Gasteiger partial charge in [-0.2, -0.15) is 47.6 Å². The van der Waals surface area contributed by atoms with E-state index >= 15 is 0 Å². The lowest BCUT2D eigenvalue weighted by Gasteiger charge is -2.37. The molecule has 8 heterocycles. The number of hydrogen-bond acceptors (Lipinski definition) is 16. The number of carboxylic acid groups (broad SMARTS) is 2. The normalized spacial score (nSPS) is 15.0. The Morgan fingerprint density at radius 1 is 0.518 bits per heavy atom. The van der Waals surface area contributed by atoms with E-state index in [0.29, 0.717) is 37.8 Å². The lowest BCUT2D eigenvalue weighted by molar-refractivity contribution is -0.150. The first kappa shape index (κ1) is 62.0. The largest absolute Gasteiger partial charge is 0.481 e. The maximum Gasteiger partial charge on any atom is 0.418 e. The molecule has 0 atom stereocenters. The smallest absolute Gasteiger partial charge is 0.418 e. The number of aromatic nitrogens is 8. The van der Waals surface area contributed by atoms with Gasteiger partial charge >= 0.3 is 24.3 Å². The van der Waals surface area contributed by atoms with Gasteiger partial charge in [-0.3, -0.25) is 19.0 Å². The van der Waals surface area contributed by atoms with Gasteiger partial charge in [-0.25, -0.2) is 39.9 Å². The minimum absolute atomic E-state index is 0.0425. The topological polar surface area (TPSA) is 285 Å². The number of pyridine rings is 4. The van der Waals surface area contributed by atoms with E-state index in [4.69, 9.17) is 5.11 Å². The quantitative estimate of drug-likeness (QED) is 0.0530. The molecule has 444 valence electrons. The predicted molar refractivity (Wildman–Crippen MR) is 296 cm³/mol. The number of benzene rings is 2. The van der Waals surface area contributed by atoms with Crippen LogP contribution in [0.25, 0.3) is 45.3 Å². The number of halogens is 7. The summed E-state index contributed by atoms with van der Waals surface area (Å²) in [5.41, 5.74) is -3.86. The molecule has 0 saturated carbocycles. The van der Waals surface area contributed by atoms with E-state index in [1.54, 1.807) is 48.2 Å². The Morgan fingerprint density at radius 3 is 1.32 bits per heavy atom. The average molecular weight is 1220 g/mol. The Labute approximate surface area is 481 Å². The number of nitrogens with zero attached hydrogens (tertiary/aromatic N) is 9. The van der Waals surface area contributed by atoms with E-state index in [9.17, 15) is 62.3 Å². The van der Waals surface area contributed by atoms with Gasteiger partial charge in [-0.1, -0.05) is 60.7 Å². The molecule has 0 amide bonds. The standard InChI is InChI=1S/C28H25F3N6O4S.C21H13F4N5O2S.C7H13NO2/c1-27(26(38)39)12-16-37(17-13-27)22-8-4-9-23(35-22)42(40,41)36-21-11-10-20(28(29,30)31)24(34-21)18-6-2-3-7-19(18)25-32-14-5-15-33-25;22-16-7-3-8-18(28-16)33(31,32)30-17-10-9-15(21(23,24)25)19(29-17)13-5-1-2-6-14(13)20-26-11-4-12-27-20;1-7(6(9)10)2-4-8-5-3-7/h2-11,14-15H,12-13,16-17H2,1H3,(H,34,36)(H,38,39);1-12H,(H,29,30);8H,2-5H2,1H3,(H,9,10). The van der Waals surface area contributed by atoms with Gasteiger partial charge in [0.1, 0.15) is 17.5 Å². The van der Waals surface area contributed by atoms with Gasteiger partial charge in [-0.05, 0) is 113 Å². The van der Waals surface area contributed by atoms with Crippen molar-refractivity contribution >= 4 is 49.4 Å². The summed E-state index contributed by atoms with van der Waals surface area (Å²) < 4.78 is 153. The van der Waals surface area contributed by atoms with Gasteiger partial charge in [0.05, 0.1) is 33.3 Å². The molecule has 29 heteroatoms. The van der Waals surface area contributed by atoms with E-state index in [1.165, 1.54) is 67.3 Å². The first-order valence-corrected chi connectivity index (χ1v) is 28.6. The fourth-order valence-corrected chi connectivity index (χ4v) is 10.8. The number of rotatable bonds is 13. The maximum atomic E-state index is 14.1. The molecule has 85 heavy (non-hydrogen) atoms. The lowest BCUT2D eigenvalue weighted by atomic mass is 9.80. The number of carbonyl (C=O) groups is 2. The van der Waals surface area contributed by atoms with E-state index < -0.39 is 94.5 Å². The van der Waals surface area contributed by atoms with Crippen LogP contribution in [0.2, 0.25) is 0 Å². The van der Waals surface area contributed by atoms with Crippen LogP contribution >= 0.6 is 0 Å². The van der Waals surface area contributed by atoms with Crippen LogP contribution in [0.15, 0.2) is 156 Å². The van der Waals surface area contributed by atoms with E-state index in [1.807, 2.05) is 11.6 Å². The van der Waals surface area contributed by atoms with Crippen LogP contribution in [0.4, 0.5) is 48.2 Å². The van der Waals surface area contributed by atoms with E-state index in [-0.39, 0.29) is 44.7 Å². The van der Waals surface area contributed by atoms with Gasteiger partial charge in [-0.15, -0.1) is 0 Å². The number of anilines is 3. The summed E-state index contributed by atoms with van der Waals surface area (Å²) in [5, 5.41) is 20.4. The Kier molecular flexibility index (Phi) is 18.5. The molecular weight excluding hydrogens is 1170 g/mol. The number of piperidine rings is 2. The van der Waals surface area contributed by atoms with Gasteiger partial charge in [0.2, 0.25) is 5.95 Å². The fraction of sp³-hybridized carbons (Fsp3) is 0.250. The van der Waals surface area contributed by atoms with Crippen LogP contribution in [0.5, 0.6) is 0 Å². The van der Waals surface area contributed by atoms with E-state index in [2.05, 4.69) is 49.9 Å². The Morgan fingerprint density at radius 2 is 0.918 bits per heavy atom. The molecule has 2 aromatic carbocycles. The number of alkyl halides is 6. The summed E-state index contributed by atoms with van der Waals surface area (Å²) in [7, 11) is -8.79. The third-order valence-electron chi connectivity index (χ3n) is 13.7. The van der Waals surface area contributed by atoms with Crippen molar-refractivity contribution in [2.75, 3.05) is 40.5 Å². The van der Waals surface area contributed by atoms with Crippen LogP contribution in [0, 0.1) is 16.8 Å². The van der Waals surface area contributed by atoms with Gasteiger partial charge in [0.15, 0.2) is 21.7 Å². The Balaban J connectivity index is 0.000000194. The number of hydrogen-bond donors (Lipinski definition) is 5. The molecule has 0 spiro atoms. The number of nitrogens with one attached hydrogen (secondary N) is 3. The number of aliphatic carboxylic acids is 2. The molecule has 10 rings (SSSR count). The van der Waals surface area contributed by atoms with Crippen molar-refractivity contribution < 1.29 is 67.4 Å². The minimum Gasteiger partial charge on any atom is -0.481 e. The van der Waals surface area contributed by atoms with Gasteiger partial charge in [0.25, 0.3) is 20.0 Å². The second-order valence-corrected chi connectivity index (χ2v) is 23.0. The van der Waals surface area contributed by atoms with Crippen molar-refractivity contribution in [2.24, 2.45) is 10.8 Å². The third-order valence-corrected chi connectivity index (χ3v) is 16.2. The van der Waals surface area contributed by atoms with Gasteiger partial charge in [0, 0.05) is 60.1 Å². The maximum absolute atomic E-state index is 14.1. The van der Waals surface area contributed by atoms with Crippen molar-refractivity contribution in [1.29, 1.82) is 0 Å². The molecule has 6 aromatic heterocycles. The van der Waals surface area contributed by atoms with Crippen molar-refractivity contribution in [3.63, 3.8) is 0 Å². The monoisotopic (exact) mass is 1220 g/mol. The predicted octanol–water partition coefficient (Wildman–Crippen LogP) is 10.1. The molecule has 2 aliphatic heterocycles. The summed E-state index contributed by atoms with van der Waals surface area (Å²) in [6, 6.07) is 26.1. The molecule has 20 nitrogen and oxygen atoms in total. The molecule has 0 radical (unpaired) electrons. The molecule has 8 aromatic rings. The van der Waals surface area contributed by atoms with Crippen LogP contribution < -0.4 is 19.7 Å². The van der Waals surface area contributed by atoms with E-state index in [0.717, 1.165) is 62.3 Å². The van der Waals surface area contributed by atoms with Gasteiger partial charge < -0.3 is 20.4 Å². The first-order chi connectivity index (χ1) is 40.2. The summed E-state index contributed by atoms with van der Waals surface area (Å²) in [6.07, 6.45) is -1.57. The lowest BCUT2D eigenvalue weighted by Crippen LogP contribution is -2.43. The zero-order valence-corrected chi connectivity index (χ0v) is 46.5. The molecule has 5 N–H and O–H groups in total. The molecule has 2 saturated heterocycles. The highest BCUT2D eigenvalue weighted by Gasteiger charge is 2.39. The summed E-state index contributed by atoms with van der Waals surface area (Å²) in [6.45, 7) is 5.88. The van der Waals surface area contributed by atoms with Crippen molar-refractivity contribution in [3.8, 4) is 45.3 Å². The molecule has 0 unspecified atom stereocenters. The summed E-state index contributed by atoms with van der Waals surface area (Å²) in [4.78, 5) is 56.0. The number of carboxylic acids is 2. The Hall–Kier alpha value is -9.09. The van der Waals surface area contributed by atoms with Crippen LogP contribution in [0.3, 0.4) is 0 Å². The third kappa shape index (κ3) is 15.0. The Bertz CT molecular complexity index is 3930. The number of sulfonamides is 2. The minimum atomic E-state index is -4.79. The highest BCUT2D eigenvalue weighted by Crippen LogP contribution is 2.42. The van der Waals surface area contributed by atoms with Crippen LogP contribution in [0.1, 0.15) is 50.7 Å². The fourth-order valence-electron chi connectivity index (χ4n) is 8.83. The second kappa shape index (κ2) is 25.4. The van der Waals surface area contributed by atoms with Crippen molar-refractivity contribution in [3.05, 3.63) is 163 Å². The summed E-state index contributed by atoms with van der Waals surface area (Å²) >= 11 is 0. The molecule has 0 aliphatic carbocycles. The highest BCUT2D eigenvalue weighted by atomic mass is 32.2. The zero-order chi connectivity index (χ0) is 61.4. The summed E-state index contributed by atoms with van der Waals surface area (Å²) in [5.74, 6) is -2.66. The highest BCUT2D eigenvalue weighted by molar-refractivity contribution is 7.93. The SMILES string of the molecule is CC1(C(=O)O)CCN(c2cccc(S(=O)(=O)Nc3ccc(C(F)(F)F)c(-c4ccccc4-c4ncccn4)n3)n2)CC1.CC1(C(=O)O)CCNCC1.O=S(=O)(Nc1ccc(C(F)(F)F)c(-c2ccccc2-c2ncccn2)n1)c1cccc(F)n1. The molecule has 0 bridgehead atoms. The van der Waals surface area contributed by atoms with Crippen molar-refractivity contribution in [2.45, 2.75) is 61.9 Å². The first-order valence-electron chi connectivity index (χ1n) is 25.7. The molecular formula is C56H51F7N12O8S2. The van der Waals surface area contributed by atoms with Crippen molar-refractivity contribution in [1.82, 2.24) is 45.2 Å². The van der Waals surface area contributed by atoms with Crippen LogP contribution in [-0.4, -0.2) is 105 Å². The molecule has 2 aliphatic rings.